The van der Waals surface area contributed by atoms with E-state index in [1.807, 2.05) is 13.8 Å². The number of hydrogen-bond donors (Lipinski definition) is 0. The molecule has 1 aliphatic carbocycles. The first kappa shape index (κ1) is 12.4. The number of allylic oxidation sites excluding steroid dienone is 2. The Bertz CT molecular complexity index is 918. The van der Waals surface area contributed by atoms with Crippen molar-refractivity contribution >= 4 is 22.3 Å². The Kier molecular flexibility index (Phi) is 2.27. The molecule has 0 radical (unpaired) electrons. The van der Waals surface area contributed by atoms with E-state index < -0.39 is 0 Å². The maximum Gasteiger partial charge on any atom is 0.251 e. The smallest absolute Gasteiger partial charge is 0.251 e. The Balaban J connectivity index is 2.25. The fourth-order valence-corrected chi connectivity index (χ4v) is 3.45. The summed E-state index contributed by atoms with van der Waals surface area (Å²) in [4.78, 5) is 24.2. The van der Waals surface area contributed by atoms with Crippen molar-refractivity contribution < 1.29 is 9.53 Å². The fraction of sp³-hybridized carbons (Fsp3) is 0.294. The minimum absolute atomic E-state index is 0.0577. The molecule has 0 saturated heterocycles. The number of carbonyl (C=O) groups is 1. The van der Waals surface area contributed by atoms with E-state index in [0.29, 0.717) is 12.4 Å². The van der Waals surface area contributed by atoms with Crippen molar-refractivity contribution in [3.05, 3.63) is 45.3 Å². The number of nitrogens with zero attached hydrogens (tertiary/aromatic N) is 1. The van der Waals surface area contributed by atoms with Crippen LogP contribution >= 0.6 is 0 Å². The molecule has 4 rings (SSSR count). The van der Waals surface area contributed by atoms with Crippen molar-refractivity contribution in [3.8, 4) is 5.75 Å². The minimum Gasteiger partial charge on any atom is -0.490 e. The maximum atomic E-state index is 12.2. The van der Waals surface area contributed by atoms with Crippen LogP contribution in [0, 0.1) is 6.92 Å². The summed E-state index contributed by atoms with van der Waals surface area (Å²) in [6, 6.07) is 3.73. The molecule has 0 fully saturated rings. The van der Waals surface area contributed by atoms with Crippen LogP contribution in [0.15, 0.2) is 23.0 Å². The van der Waals surface area contributed by atoms with Gasteiger partial charge in [-0.25, -0.2) is 0 Å². The second kappa shape index (κ2) is 3.85. The molecule has 2 aromatic rings. The number of pyridine rings is 1. The highest BCUT2D eigenvalue weighted by Crippen LogP contribution is 2.47. The molecule has 21 heavy (non-hydrogen) atoms. The average molecular weight is 281 g/mol. The maximum absolute atomic E-state index is 12.2. The van der Waals surface area contributed by atoms with Gasteiger partial charge in [-0.2, -0.15) is 0 Å². The van der Waals surface area contributed by atoms with E-state index in [0.717, 1.165) is 33.2 Å². The lowest BCUT2D eigenvalue weighted by Gasteiger charge is -2.20. The van der Waals surface area contributed by atoms with Gasteiger partial charge in [0.25, 0.3) is 5.56 Å². The van der Waals surface area contributed by atoms with E-state index >= 15 is 0 Å². The zero-order valence-electron chi connectivity index (χ0n) is 12.2. The van der Waals surface area contributed by atoms with Crippen molar-refractivity contribution in [2.45, 2.75) is 19.8 Å². The standard InChI is InChI=1S/C17H15NO3/c1-8-4-13(19)12-7-21-17-15(12)10(8)6-11-9(2)5-14(20)18(3)16(11)17/h4-6,12H,7H2,1-3H3. The predicted octanol–water partition coefficient (Wildman–Crippen LogP) is 2.31. The molecular formula is C17H15NO3. The topological polar surface area (TPSA) is 48.3 Å². The van der Waals surface area contributed by atoms with E-state index in [2.05, 4.69) is 6.07 Å². The Morgan fingerprint density at radius 1 is 1.24 bits per heavy atom. The molecule has 2 heterocycles. The fourth-order valence-electron chi connectivity index (χ4n) is 3.45. The first-order chi connectivity index (χ1) is 9.99. The number of benzene rings is 1. The van der Waals surface area contributed by atoms with Crippen LogP contribution in [0.4, 0.5) is 0 Å². The van der Waals surface area contributed by atoms with Gasteiger partial charge < -0.3 is 9.30 Å². The van der Waals surface area contributed by atoms with Crippen LogP contribution in [0.25, 0.3) is 16.5 Å². The summed E-state index contributed by atoms with van der Waals surface area (Å²) in [7, 11) is 1.75. The molecule has 0 N–H and O–H groups in total. The number of carbonyl (C=O) groups excluding carboxylic acids is 1. The van der Waals surface area contributed by atoms with Crippen molar-refractivity contribution in [2.75, 3.05) is 6.61 Å². The number of rotatable bonds is 0. The van der Waals surface area contributed by atoms with Gasteiger partial charge in [0.1, 0.15) is 12.4 Å². The number of hydrogen-bond acceptors (Lipinski definition) is 3. The van der Waals surface area contributed by atoms with Gasteiger partial charge in [-0.05, 0) is 42.7 Å². The predicted molar refractivity (Wildman–Crippen MR) is 80.8 cm³/mol. The number of aromatic nitrogens is 1. The summed E-state index contributed by atoms with van der Waals surface area (Å²) in [5.74, 6) is 0.575. The normalized spacial score (nSPS) is 19.5. The lowest BCUT2D eigenvalue weighted by Crippen LogP contribution is -2.18. The summed E-state index contributed by atoms with van der Waals surface area (Å²) in [6.07, 6.45) is 1.70. The minimum atomic E-state index is -0.223. The van der Waals surface area contributed by atoms with Crippen LogP contribution in [-0.2, 0) is 11.8 Å². The summed E-state index contributed by atoms with van der Waals surface area (Å²) >= 11 is 0. The van der Waals surface area contributed by atoms with Gasteiger partial charge in [-0.3, -0.25) is 9.59 Å². The number of ether oxygens (including phenoxy) is 1. The molecule has 1 atom stereocenters. The number of aryl methyl sites for hydroxylation is 2. The van der Waals surface area contributed by atoms with Crippen LogP contribution in [0.2, 0.25) is 0 Å². The third-order valence-corrected chi connectivity index (χ3v) is 4.59. The van der Waals surface area contributed by atoms with Gasteiger partial charge in [0, 0.05) is 24.1 Å². The Labute approximate surface area is 121 Å². The molecule has 0 spiro atoms. The van der Waals surface area contributed by atoms with E-state index in [9.17, 15) is 9.59 Å². The molecular weight excluding hydrogens is 266 g/mol. The summed E-state index contributed by atoms with van der Waals surface area (Å²) in [5.41, 5.74) is 4.66. The highest BCUT2D eigenvalue weighted by molar-refractivity contribution is 6.08. The molecule has 106 valence electrons. The number of fused-ring (bicyclic) bond motifs is 2. The lowest BCUT2D eigenvalue weighted by atomic mass is 9.82. The Morgan fingerprint density at radius 2 is 2.00 bits per heavy atom. The van der Waals surface area contributed by atoms with Gasteiger partial charge in [0.05, 0.1) is 11.4 Å². The van der Waals surface area contributed by atoms with Crippen LogP contribution in [0.1, 0.15) is 29.5 Å². The Morgan fingerprint density at radius 3 is 2.76 bits per heavy atom. The largest absolute Gasteiger partial charge is 0.490 e. The van der Waals surface area contributed by atoms with Crippen molar-refractivity contribution in [1.29, 1.82) is 0 Å². The quantitative estimate of drug-likeness (QED) is 0.744. The molecule has 2 aliphatic rings. The van der Waals surface area contributed by atoms with Crippen LogP contribution in [0.5, 0.6) is 5.75 Å². The molecule has 0 saturated carbocycles. The van der Waals surface area contributed by atoms with Crippen LogP contribution < -0.4 is 10.3 Å². The number of ketones is 1. The van der Waals surface area contributed by atoms with Crippen LogP contribution in [-0.4, -0.2) is 17.0 Å². The third kappa shape index (κ3) is 1.45. The molecule has 4 heteroatoms. The van der Waals surface area contributed by atoms with Crippen molar-refractivity contribution in [2.24, 2.45) is 7.05 Å². The molecule has 1 unspecified atom stereocenters. The molecule has 0 amide bonds. The summed E-state index contributed by atoms with van der Waals surface area (Å²) in [5, 5.41) is 1.01. The van der Waals surface area contributed by atoms with Gasteiger partial charge >= 0.3 is 0 Å². The van der Waals surface area contributed by atoms with Gasteiger partial charge in [0.2, 0.25) is 0 Å². The van der Waals surface area contributed by atoms with Gasteiger partial charge in [0.15, 0.2) is 5.78 Å². The highest BCUT2D eigenvalue weighted by atomic mass is 16.5. The second-order valence-corrected chi connectivity index (χ2v) is 5.88. The van der Waals surface area contributed by atoms with E-state index in [1.165, 1.54) is 0 Å². The first-order valence-corrected chi connectivity index (χ1v) is 7.01. The third-order valence-electron chi connectivity index (χ3n) is 4.59. The monoisotopic (exact) mass is 281 g/mol. The lowest BCUT2D eigenvalue weighted by molar-refractivity contribution is -0.116. The molecule has 0 bridgehead atoms. The molecule has 4 nitrogen and oxygen atoms in total. The highest BCUT2D eigenvalue weighted by Gasteiger charge is 2.37. The molecule has 1 aromatic carbocycles. The van der Waals surface area contributed by atoms with Crippen molar-refractivity contribution in [1.82, 2.24) is 4.57 Å². The average Bonchev–Trinajstić information content (AvgIpc) is 2.87. The van der Waals surface area contributed by atoms with Gasteiger partial charge in [-0.1, -0.05) is 0 Å². The van der Waals surface area contributed by atoms with E-state index in [4.69, 9.17) is 4.74 Å². The van der Waals surface area contributed by atoms with Crippen LogP contribution in [0.3, 0.4) is 0 Å². The summed E-state index contributed by atoms with van der Waals surface area (Å²) < 4.78 is 7.44. The van der Waals surface area contributed by atoms with E-state index in [1.54, 1.807) is 23.8 Å². The first-order valence-electron chi connectivity index (χ1n) is 7.01. The SMILES string of the molecule is CC1=CC(=O)C2COc3c2c1cc1c(C)cc(=O)n(C)c31. The van der Waals surface area contributed by atoms with Crippen molar-refractivity contribution in [3.63, 3.8) is 0 Å². The Hall–Kier alpha value is -2.36. The van der Waals surface area contributed by atoms with Gasteiger partial charge in [-0.15, -0.1) is 0 Å². The molecule has 1 aromatic heterocycles. The zero-order chi connectivity index (χ0) is 14.9. The van der Waals surface area contributed by atoms with E-state index in [-0.39, 0.29) is 17.3 Å². The summed E-state index contributed by atoms with van der Waals surface area (Å²) in [6.45, 7) is 4.25. The molecule has 1 aliphatic heterocycles. The second-order valence-electron chi connectivity index (χ2n) is 5.88. The zero-order valence-corrected chi connectivity index (χ0v) is 12.2.